The molecule has 1 aliphatic rings. The number of carbonyl (C=O) groups excluding carboxylic acids is 3. The molecule has 1 heterocycles. The van der Waals surface area contributed by atoms with Gasteiger partial charge in [-0.1, -0.05) is 27.7 Å². The van der Waals surface area contributed by atoms with E-state index in [1.165, 1.54) is 55.1 Å². The van der Waals surface area contributed by atoms with Gasteiger partial charge < -0.3 is 14.6 Å². The molecular weight excluding hydrogens is 575 g/mol. The van der Waals surface area contributed by atoms with Crippen molar-refractivity contribution in [2.75, 3.05) is 5.75 Å². The Kier molecular flexibility index (Phi) is 10.6. The van der Waals surface area contributed by atoms with Crippen LogP contribution < -0.4 is 4.74 Å². The number of hydrogen-bond acceptors (Lipinski definition) is 10. The summed E-state index contributed by atoms with van der Waals surface area (Å²) in [6.45, 7) is 8.08. The normalized spacial score (nSPS) is 18.2. The monoisotopic (exact) mass is 606 g/mol. The summed E-state index contributed by atoms with van der Waals surface area (Å²) in [5.41, 5.74) is -0.901. The number of benzene rings is 2. The van der Waals surface area contributed by atoms with Crippen LogP contribution >= 0.6 is 23.5 Å². The van der Waals surface area contributed by atoms with E-state index in [2.05, 4.69) is 0 Å². The van der Waals surface area contributed by atoms with Gasteiger partial charge in [0, 0.05) is 17.5 Å². The van der Waals surface area contributed by atoms with E-state index in [1.54, 1.807) is 20.8 Å². The highest BCUT2D eigenvalue weighted by Crippen LogP contribution is 2.43. The zero-order valence-corrected chi connectivity index (χ0v) is 24.8. The molecule has 0 spiro atoms. The molecule has 2 aromatic rings. The lowest BCUT2D eigenvalue weighted by molar-refractivity contribution is -0.384. The number of esters is 1. The van der Waals surface area contributed by atoms with Crippen LogP contribution in [-0.2, 0) is 25.7 Å². The molecule has 0 unspecified atom stereocenters. The predicted octanol–water partition coefficient (Wildman–Crippen LogP) is 5.25. The first-order valence-electron chi connectivity index (χ1n) is 12.7. The maximum absolute atomic E-state index is 13.7. The van der Waals surface area contributed by atoms with Gasteiger partial charge in [-0.25, -0.2) is 9.18 Å². The maximum atomic E-state index is 13.7. The lowest BCUT2D eigenvalue weighted by Gasteiger charge is -2.48. The summed E-state index contributed by atoms with van der Waals surface area (Å²) < 4.78 is 25.1. The smallest absolute Gasteiger partial charge is 0.359 e. The number of nitrogens with zero attached hydrogens (tertiary/aromatic N) is 2. The van der Waals surface area contributed by atoms with Crippen molar-refractivity contribution in [2.45, 2.75) is 52.7 Å². The summed E-state index contributed by atoms with van der Waals surface area (Å²) in [6, 6.07) is 10.3. The average molecular weight is 607 g/mol. The number of β-lactam (4-membered cyclic amide) rings is 1. The first-order chi connectivity index (χ1) is 19.2. The van der Waals surface area contributed by atoms with Gasteiger partial charge in [0.25, 0.3) is 5.69 Å². The molecule has 1 amide bonds. The number of amides is 1. The molecule has 10 nitrogen and oxygen atoms in total. The number of thioether (sulfide) groups is 2. The summed E-state index contributed by atoms with van der Waals surface area (Å²) >= 11 is 1.93. The second-order valence-electron chi connectivity index (χ2n) is 10.2. The van der Waals surface area contributed by atoms with Crippen LogP contribution in [0.1, 0.15) is 40.2 Å². The fraction of sp³-hybridized carbons (Fsp3) is 0.393. The van der Waals surface area contributed by atoms with Crippen LogP contribution in [0.15, 0.2) is 59.3 Å². The van der Waals surface area contributed by atoms with Gasteiger partial charge in [0.2, 0.25) is 11.0 Å². The Hall–Kier alpha value is -3.42. The number of carbonyl (C=O) groups is 3. The summed E-state index contributed by atoms with van der Waals surface area (Å²) in [7, 11) is 0. The molecule has 41 heavy (non-hydrogen) atoms. The molecule has 0 saturated carbocycles. The van der Waals surface area contributed by atoms with Gasteiger partial charge in [0.1, 0.15) is 18.2 Å². The lowest BCUT2D eigenvalue weighted by Crippen LogP contribution is -2.63. The van der Waals surface area contributed by atoms with E-state index in [0.717, 1.165) is 17.0 Å². The number of nitro benzene ring substituents is 1. The fourth-order valence-corrected chi connectivity index (χ4v) is 5.83. The quantitative estimate of drug-likeness (QED) is 0.0902. The van der Waals surface area contributed by atoms with Gasteiger partial charge in [-0.3, -0.25) is 24.6 Å². The topological polar surface area (TPSA) is 136 Å². The van der Waals surface area contributed by atoms with Crippen LogP contribution in [0.25, 0.3) is 0 Å². The van der Waals surface area contributed by atoms with Crippen LogP contribution in [-0.4, -0.2) is 49.2 Å². The molecule has 0 aromatic heterocycles. The van der Waals surface area contributed by atoms with Gasteiger partial charge in [-0.15, -0.1) is 11.8 Å². The lowest BCUT2D eigenvalue weighted by atomic mass is 9.92. The second kappa shape index (κ2) is 13.5. The Bertz CT molecular complexity index is 1320. The van der Waals surface area contributed by atoms with Crippen LogP contribution in [0.5, 0.6) is 5.75 Å². The Labute approximate surface area is 245 Å². The molecule has 1 aliphatic heterocycles. The van der Waals surface area contributed by atoms with E-state index in [4.69, 9.17) is 9.47 Å². The Morgan fingerprint density at radius 2 is 1.76 bits per heavy atom. The highest BCUT2D eigenvalue weighted by atomic mass is 32.2. The van der Waals surface area contributed by atoms with Crippen molar-refractivity contribution < 1.29 is 38.3 Å². The van der Waals surface area contributed by atoms with E-state index in [1.807, 2.05) is 6.92 Å². The molecule has 220 valence electrons. The number of nitro groups is 1. The highest BCUT2D eigenvalue weighted by molar-refractivity contribution is 8.16. The molecule has 2 aromatic carbocycles. The number of hydrogen-bond donors (Lipinski definition) is 1. The van der Waals surface area contributed by atoms with Crippen molar-refractivity contribution in [1.82, 2.24) is 4.90 Å². The maximum Gasteiger partial charge on any atom is 0.359 e. The molecule has 1 N–H and O–H groups in total. The highest BCUT2D eigenvalue weighted by Gasteiger charge is 2.54. The molecule has 1 saturated heterocycles. The summed E-state index contributed by atoms with van der Waals surface area (Å²) in [4.78, 5) is 51.7. The number of halogens is 1. The van der Waals surface area contributed by atoms with Crippen molar-refractivity contribution >= 4 is 46.2 Å². The van der Waals surface area contributed by atoms with Crippen LogP contribution in [0, 0.1) is 27.3 Å². The zero-order chi connectivity index (χ0) is 30.5. The van der Waals surface area contributed by atoms with Crippen LogP contribution in [0.2, 0.25) is 0 Å². The first-order valence-corrected chi connectivity index (χ1v) is 14.5. The average Bonchev–Trinajstić information content (AvgIpc) is 2.90. The standard InChI is InChI=1S/C28H31FN2O8S2/c1-6-40-24-21(16(2)32)23(33)30(24)22(25(34)38-15-17-7-11-19(12-8-17)31(36)37)26(41-27(35)28(3,4)5)39-20-13-9-18(29)10-14-20/h7-14,16,21,24,32H,6,15H2,1-5H3/t16-,21+,24-/m1/s1. The van der Waals surface area contributed by atoms with Gasteiger partial charge in [0.05, 0.1) is 22.3 Å². The third kappa shape index (κ3) is 7.86. The molecule has 0 bridgehead atoms. The number of ether oxygens (including phenoxy) is 2. The van der Waals surface area contributed by atoms with Crippen LogP contribution in [0.3, 0.4) is 0 Å². The predicted molar refractivity (Wildman–Crippen MR) is 153 cm³/mol. The Balaban J connectivity index is 2.09. The van der Waals surface area contributed by atoms with Crippen molar-refractivity contribution in [3.8, 4) is 5.75 Å². The van der Waals surface area contributed by atoms with E-state index in [-0.39, 0.29) is 33.9 Å². The van der Waals surface area contributed by atoms with E-state index in [0.29, 0.717) is 23.1 Å². The van der Waals surface area contributed by atoms with Crippen molar-refractivity contribution in [3.05, 3.63) is 80.8 Å². The minimum atomic E-state index is -1.01. The largest absolute Gasteiger partial charge is 0.456 e. The Morgan fingerprint density at radius 3 is 2.27 bits per heavy atom. The molecule has 0 radical (unpaired) electrons. The number of rotatable bonds is 11. The van der Waals surface area contributed by atoms with Gasteiger partial charge >= 0.3 is 5.97 Å². The summed E-state index contributed by atoms with van der Waals surface area (Å²) in [6.07, 6.45) is -1.01. The van der Waals surface area contributed by atoms with Gasteiger partial charge in [-0.05, 0) is 66.4 Å². The molecule has 13 heteroatoms. The summed E-state index contributed by atoms with van der Waals surface area (Å²) in [5, 5.41) is 20.0. The number of non-ortho nitro benzene ring substituents is 1. The first kappa shape index (κ1) is 32.1. The number of aliphatic hydroxyl groups is 1. The van der Waals surface area contributed by atoms with Crippen molar-refractivity contribution in [2.24, 2.45) is 11.3 Å². The van der Waals surface area contributed by atoms with Crippen LogP contribution in [0.4, 0.5) is 10.1 Å². The molecule has 3 atom stereocenters. The zero-order valence-electron chi connectivity index (χ0n) is 23.2. The number of aliphatic hydroxyl groups excluding tert-OH is 1. The van der Waals surface area contributed by atoms with Gasteiger partial charge in [-0.2, -0.15) is 0 Å². The minimum absolute atomic E-state index is 0.107. The molecular formula is C28H31FN2O8S2. The molecule has 0 aliphatic carbocycles. The molecule has 3 rings (SSSR count). The van der Waals surface area contributed by atoms with Crippen molar-refractivity contribution in [3.63, 3.8) is 0 Å². The second-order valence-corrected chi connectivity index (χ2v) is 12.5. The summed E-state index contributed by atoms with van der Waals surface area (Å²) in [5.74, 6) is -2.23. The number of likely N-dealkylation sites (tertiary alicyclic amines) is 1. The van der Waals surface area contributed by atoms with E-state index in [9.17, 15) is 34.0 Å². The van der Waals surface area contributed by atoms with E-state index < -0.39 is 45.4 Å². The third-order valence-electron chi connectivity index (χ3n) is 5.91. The minimum Gasteiger partial charge on any atom is -0.456 e. The van der Waals surface area contributed by atoms with Crippen molar-refractivity contribution in [1.29, 1.82) is 0 Å². The molecule has 1 fully saturated rings. The van der Waals surface area contributed by atoms with Gasteiger partial charge in [0.15, 0.2) is 10.8 Å². The SMILES string of the molecule is CCS[C@@H]1[C@@H]([C@@H](C)O)C(=O)N1C(C(=O)OCc1ccc([N+](=O)[O-])cc1)=C(Oc1ccc(F)cc1)SC(=O)C(C)(C)C. The van der Waals surface area contributed by atoms with E-state index >= 15 is 0 Å². The fourth-order valence-electron chi connectivity index (χ4n) is 3.69. The third-order valence-corrected chi connectivity index (χ3v) is 8.35. The Morgan fingerprint density at radius 1 is 1.15 bits per heavy atom.